The fourth-order valence-electron chi connectivity index (χ4n) is 2.17. The molecule has 1 atom stereocenters. The van der Waals surface area contributed by atoms with Crippen LogP contribution in [-0.2, 0) is 0 Å². The largest absolute Gasteiger partial charge is 0.495 e. The van der Waals surface area contributed by atoms with Crippen molar-refractivity contribution in [1.29, 1.82) is 0 Å². The molecule has 0 N–H and O–H groups in total. The topological polar surface area (TPSA) is 18.5 Å². The van der Waals surface area contributed by atoms with Crippen LogP contribution in [0, 0.1) is 6.92 Å². The van der Waals surface area contributed by atoms with Gasteiger partial charge in [-0.15, -0.1) is 11.6 Å². The lowest BCUT2D eigenvalue weighted by Crippen LogP contribution is -2.01. The highest BCUT2D eigenvalue weighted by atomic mass is 79.9. The minimum Gasteiger partial charge on any atom is -0.495 e. The van der Waals surface area contributed by atoms with Crippen LogP contribution in [0.4, 0.5) is 0 Å². The van der Waals surface area contributed by atoms with Gasteiger partial charge in [0.2, 0.25) is 0 Å². The Bertz CT molecular complexity index is 659. The molecular formula is C16H15BrCl2O2. The highest BCUT2D eigenvalue weighted by Gasteiger charge is 2.21. The molecule has 0 saturated carbocycles. The first-order valence-electron chi connectivity index (χ1n) is 6.30. The van der Waals surface area contributed by atoms with Crippen molar-refractivity contribution >= 4 is 39.1 Å². The fraction of sp³-hybridized carbons (Fsp3) is 0.250. The van der Waals surface area contributed by atoms with Gasteiger partial charge in [-0.2, -0.15) is 0 Å². The zero-order chi connectivity index (χ0) is 15.6. The molecule has 2 rings (SSSR count). The molecule has 0 radical (unpaired) electrons. The normalized spacial score (nSPS) is 12.1. The van der Waals surface area contributed by atoms with Gasteiger partial charge in [0, 0.05) is 10.0 Å². The molecule has 0 aliphatic heterocycles. The van der Waals surface area contributed by atoms with E-state index in [0.717, 1.165) is 21.2 Å². The summed E-state index contributed by atoms with van der Waals surface area (Å²) in [6.07, 6.45) is 0. The van der Waals surface area contributed by atoms with E-state index in [9.17, 15) is 0 Å². The van der Waals surface area contributed by atoms with Gasteiger partial charge in [-0.1, -0.05) is 33.6 Å². The third-order valence-corrected chi connectivity index (χ3v) is 4.62. The maximum Gasteiger partial charge on any atom is 0.146 e. The summed E-state index contributed by atoms with van der Waals surface area (Å²) in [4.78, 5) is 0. The Labute approximate surface area is 143 Å². The van der Waals surface area contributed by atoms with Crippen LogP contribution >= 0.6 is 39.1 Å². The molecule has 2 aromatic rings. The first-order valence-corrected chi connectivity index (χ1v) is 7.90. The van der Waals surface area contributed by atoms with Crippen LogP contribution in [0.3, 0.4) is 0 Å². The molecule has 2 aromatic carbocycles. The highest BCUT2D eigenvalue weighted by Crippen LogP contribution is 2.44. The minimum absolute atomic E-state index is 0.360. The Morgan fingerprint density at radius 2 is 1.76 bits per heavy atom. The fourth-order valence-corrected chi connectivity index (χ4v) is 3.28. The quantitative estimate of drug-likeness (QED) is 0.619. The lowest BCUT2D eigenvalue weighted by molar-refractivity contribution is 0.392. The number of ether oxygens (including phenoxy) is 2. The van der Waals surface area contributed by atoms with E-state index in [1.807, 2.05) is 31.2 Å². The monoisotopic (exact) mass is 388 g/mol. The van der Waals surface area contributed by atoms with Crippen molar-refractivity contribution in [3.63, 3.8) is 0 Å². The van der Waals surface area contributed by atoms with Crippen molar-refractivity contribution in [3.8, 4) is 11.5 Å². The van der Waals surface area contributed by atoms with Gasteiger partial charge in [-0.3, -0.25) is 0 Å². The summed E-state index contributed by atoms with van der Waals surface area (Å²) in [6, 6.07) is 9.68. The van der Waals surface area contributed by atoms with Crippen molar-refractivity contribution in [1.82, 2.24) is 0 Å². The summed E-state index contributed by atoms with van der Waals surface area (Å²) in [5, 5.41) is 0.0663. The average Bonchev–Trinajstić information content (AvgIpc) is 2.48. The van der Waals surface area contributed by atoms with Gasteiger partial charge in [-0.25, -0.2) is 0 Å². The van der Waals surface area contributed by atoms with E-state index in [1.54, 1.807) is 20.3 Å². The number of benzene rings is 2. The van der Waals surface area contributed by atoms with E-state index in [0.29, 0.717) is 16.5 Å². The summed E-state index contributed by atoms with van der Waals surface area (Å²) < 4.78 is 11.6. The predicted octanol–water partition coefficient (Wildman–Crippen LogP) is 5.76. The Morgan fingerprint density at radius 3 is 2.38 bits per heavy atom. The van der Waals surface area contributed by atoms with Crippen molar-refractivity contribution in [2.75, 3.05) is 14.2 Å². The Morgan fingerprint density at radius 1 is 1.05 bits per heavy atom. The standard InChI is InChI=1S/C16H15BrCl2O2/c1-9-4-5-10(17)8-12(9)14(18)11-6-7-13(20-2)15(19)16(11)21-3/h4-8,14H,1-3H3. The smallest absolute Gasteiger partial charge is 0.146 e. The third-order valence-electron chi connectivity index (χ3n) is 3.30. The Balaban J connectivity index is 2.55. The predicted molar refractivity (Wildman–Crippen MR) is 91.1 cm³/mol. The molecule has 2 nitrogen and oxygen atoms in total. The summed E-state index contributed by atoms with van der Waals surface area (Å²) in [7, 11) is 3.14. The van der Waals surface area contributed by atoms with Gasteiger partial charge in [0.1, 0.15) is 16.5 Å². The average molecular weight is 390 g/mol. The van der Waals surface area contributed by atoms with Gasteiger partial charge in [0.05, 0.1) is 19.6 Å². The molecule has 21 heavy (non-hydrogen) atoms. The lowest BCUT2D eigenvalue weighted by atomic mass is 9.99. The molecule has 1 unspecified atom stereocenters. The maximum absolute atomic E-state index is 6.66. The molecule has 0 spiro atoms. The van der Waals surface area contributed by atoms with Gasteiger partial charge < -0.3 is 9.47 Å². The number of hydrogen-bond donors (Lipinski definition) is 0. The number of rotatable bonds is 4. The molecule has 0 fully saturated rings. The molecule has 0 amide bonds. The van der Waals surface area contributed by atoms with Crippen LogP contribution in [0.5, 0.6) is 11.5 Å². The lowest BCUT2D eigenvalue weighted by Gasteiger charge is -2.18. The summed E-state index contributed by atoms with van der Waals surface area (Å²) >= 11 is 16.4. The number of alkyl halides is 1. The van der Waals surface area contributed by atoms with Crippen LogP contribution in [-0.4, -0.2) is 14.2 Å². The summed E-state index contributed by atoms with van der Waals surface area (Å²) in [5.74, 6) is 1.10. The van der Waals surface area contributed by atoms with Crippen LogP contribution in [0.2, 0.25) is 5.02 Å². The van der Waals surface area contributed by atoms with Crippen molar-refractivity contribution in [2.45, 2.75) is 12.3 Å². The Kier molecular flexibility index (Phi) is 5.42. The number of halogens is 3. The number of aryl methyl sites for hydroxylation is 1. The van der Waals surface area contributed by atoms with Crippen LogP contribution in [0.15, 0.2) is 34.8 Å². The maximum atomic E-state index is 6.66. The SMILES string of the molecule is COc1ccc(C(Cl)c2cc(Br)ccc2C)c(OC)c1Cl. The van der Waals surface area contributed by atoms with E-state index in [1.165, 1.54) is 0 Å². The second-order valence-corrected chi connectivity index (χ2v) is 6.30. The molecule has 112 valence electrons. The summed E-state index contributed by atoms with van der Waals surface area (Å²) in [6.45, 7) is 2.02. The van der Waals surface area contributed by atoms with Gasteiger partial charge >= 0.3 is 0 Å². The molecule has 0 aliphatic rings. The number of methoxy groups -OCH3 is 2. The van der Waals surface area contributed by atoms with Crippen molar-refractivity contribution in [3.05, 3.63) is 56.5 Å². The minimum atomic E-state index is -0.360. The first kappa shape index (κ1) is 16.5. The summed E-state index contributed by atoms with van der Waals surface area (Å²) in [5.41, 5.74) is 2.92. The number of hydrogen-bond acceptors (Lipinski definition) is 2. The van der Waals surface area contributed by atoms with Gasteiger partial charge in [0.25, 0.3) is 0 Å². The van der Waals surface area contributed by atoms with E-state index < -0.39 is 0 Å². The van der Waals surface area contributed by atoms with Crippen LogP contribution in [0.25, 0.3) is 0 Å². The third kappa shape index (κ3) is 3.31. The highest BCUT2D eigenvalue weighted by molar-refractivity contribution is 9.10. The van der Waals surface area contributed by atoms with E-state index in [2.05, 4.69) is 15.9 Å². The Hall–Kier alpha value is -0.900. The van der Waals surface area contributed by atoms with Gasteiger partial charge in [-0.05, 0) is 42.3 Å². The van der Waals surface area contributed by atoms with Crippen LogP contribution < -0.4 is 9.47 Å². The van der Waals surface area contributed by atoms with Gasteiger partial charge in [0.15, 0.2) is 0 Å². The molecule has 0 saturated heterocycles. The molecule has 0 aromatic heterocycles. The first-order chi connectivity index (χ1) is 9.99. The molecule has 0 heterocycles. The second kappa shape index (κ2) is 6.91. The van der Waals surface area contributed by atoms with E-state index in [4.69, 9.17) is 32.7 Å². The second-order valence-electron chi connectivity index (χ2n) is 4.57. The molecule has 0 aliphatic carbocycles. The molecule has 0 bridgehead atoms. The van der Waals surface area contributed by atoms with E-state index in [-0.39, 0.29) is 5.38 Å². The van der Waals surface area contributed by atoms with Crippen LogP contribution in [0.1, 0.15) is 22.1 Å². The zero-order valence-electron chi connectivity index (χ0n) is 11.9. The molecule has 5 heteroatoms. The van der Waals surface area contributed by atoms with E-state index >= 15 is 0 Å². The zero-order valence-corrected chi connectivity index (χ0v) is 15.0. The molecular weight excluding hydrogens is 375 g/mol. The van der Waals surface area contributed by atoms with Crippen molar-refractivity contribution in [2.24, 2.45) is 0 Å². The van der Waals surface area contributed by atoms with Crippen molar-refractivity contribution < 1.29 is 9.47 Å².